The summed E-state index contributed by atoms with van der Waals surface area (Å²) in [7, 11) is 0. The average molecular weight is 201 g/mol. The summed E-state index contributed by atoms with van der Waals surface area (Å²) >= 11 is 0. The molecule has 4 N–H and O–H groups in total. The van der Waals surface area contributed by atoms with Crippen molar-refractivity contribution in [1.29, 1.82) is 0 Å². The topological polar surface area (TPSA) is 107 Å². The zero-order valence-corrected chi connectivity index (χ0v) is 9.12. The minimum Gasteiger partial charge on any atom is -0.455 e. The molecule has 0 saturated carbocycles. The number of carbonyl (C=O) groups excluding carboxylic acids is 1. The number of cyclic esters (lactones) is 1. The molecule has 0 aromatic carbocycles. The molecule has 0 aliphatic carbocycles. The maximum Gasteiger partial charge on any atom is 1.00 e. The van der Waals surface area contributed by atoms with Crippen LogP contribution in [0, 0.1) is 0 Å². The zero-order chi connectivity index (χ0) is 9.30. The molecule has 1 rings (SSSR count). The van der Waals surface area contributed by atoms with Gasteiger partial charge in [-0.3, -0.25) is 0 Å². The molecule has 13 heavy (non-hydrogen) atoms. The third-order valence-corrected chi connectivity index (χ3v) is 1.74. The van der Waals surface area contributed by atoms with Gasteiger partial charge in [-0.25, -0.2) is 4.79 Å². The van der Waals surface area contributed by atoms with Gasteiger partial charge in [-0.2, -0.15) is 0 Å². The first-order valence-corrected chi connectivity index (χ1v) is 3.43. The molecule has 0 aromatic heterocycles. The Kier molecular flexibility index (Phi) is 5.38. The van der Waals surface area contributed by atoms with E-state index in [2.05, 4.69) is 4.74 Å². The monoisotopic (exact) mass is 201 g/mol. The molecule has 0 aromatic rings. The molecule has 1 heterocycles. The van der Waals surface area contributed by atoms with E-state index in [1.165, 1.54) is 0 Å². The summed E-state index contributed by atoms with van der Waals surface area (Å²) in [6.07, 6.45) is -5.93. The number of aliphatic hydroxyl groups excluding tert-OH is 4. The number of hydrogen-bond donors (Lipinski definition) is 4. The second-order valence-electron chi connectivity index (χ2n) is 2.58. The normalized spacial score (nSPS) is 39.2. The van der Waals surface area contributed by atoms with E-state index in [0.717, 1.165) is 0 Å². The molecular weight excluding hydrogens is 191 g/mol. The van der Waals surface area contributed by atoms with Gasteiger partial charge in [0.05, 0.1) is 6.61 Å². The van der Waals surface area contributed by atoms with Gasteiger partial charge in [0.1, 0.15) is 12.2 Å². The molecular formula is C6H10NaO6+. The molecule has 0 radical (unpaired) electrons. The molecule has 7 heteroatoms. The summed E-state index contributed by atoms with van der Waals surface area (Å²) in [6, 6.07) is 0. The zero-order valence-electron chi connectivity index (χ0n) is 7.12. The predicted octanol–water partition coefficient (Wildman–Crippen LogP) is -6.01. The quantitative estimate of drug-likeness (QED) is 0.248. The maximum absolute atomic E-state index is 10.7. The Hall–Kier alpha value is 0.310. The van der Waals surface area contributed by atoms with Crippen LogP contribution in [-0.4, -0.2) is 57.4 Å². The van der Waals surface area contributed by atoms with E-state index >= 15 is 0 Å². The third-order valence-electron chi connectivity index (χ3n) is 1.74. The van der Waals surface area contributed by atoms with E-state index in [9.17, 15) is 4.79 Å². The fraction of sp³-hybridized carbons (Fsp3) is 0.833. The van der Waals surface area contributed by atoms with E-state index in [-0.39, 0.29) is 29.6 Å². The molecule has 4 atom stereocenters. The second kappa shape index (κ2) is 5.26. The Morgan fingerprint density at radius 1 is 1.23 bits per heavy atom. The molecule has 1 saturated heterocycles. The van der Waals surface area contributed by atoms with Crippen LogP contribution in [0.15, 0.2) is 0 Å². The van der Waals surface area contributed by atoms with Gasteiger partial charge in [-0.05, 0) is 0 Å². The van der Waals surface area contributed by atoms with Gasteiger partial charge in [0.25, 0.3) is 0 Å². The summed E-state index contributed by atoms with van der Waals surface area (Å²) in [5, 5.41) is 35.5. The van der Waals surface area contributed by atoms with Gasteiger partial charge in [-0.1, -0.05) is 0 Å². The van der Waals surface area contributed by atoms with E-state index in [1.807, 2.05) is 0 Å². The number of ether oxygens (including phenoxy) is 1. The summed E-state index contributed by atoms with van der Waals surface area (Å²) in [6.45, 7) is -0.587. The van der Waals surface area contributed by atoms with Gasteiger partial charge in [0, 0.05) is 0 Å². The first-order chi connectivity index (χ1) is 5.57. The number of hydrogen-bond acceptors (Lipinski definition) is 6. The molecule has 1 aliphatic heterocycles. The van der Waals surface area contributed by atoms with Crippen molar-refractivity contribution in [1.82, 2.24) is 0 Å². The molecule has 0 amide bonds. The molecule has 0 unspecified atom stereocenters. The molecule has 0 bridgehead atoms. The van der Waals surface area contributed by atoms with Crippen molar-refractivity contribution >= 4 is 5.97 Å². The Labute approximate surface area is 96.4 Å². The van der Waals surface area contributed by atoms with Crippen LogP contribution in [0.25, 0.3) is 0 Å². The summed E-state index contributed by atoms with van der Waals surface area (Å²) in [4.78, 5) is 10.7. The number of esters is 1. The Balaban J connectivity index is 0.00000144. The molecule has 0 spiro atoms. The van der Waals surface area contributed by atoms with Crippen LogP contribution in [0.5, 0.6) is 0 Å². The largest absolute Gasteiger partial charge is 1.00 e. The van der Waals surface area contributed by atoms with Gasteiger partial charge >= 0.3 is 35.5 Å². The Morgan fingerprint density at radius 2 is 1.77 bits per heavy atom. The van der Waals surface area contributed by atoms with Crippen LogP contribution in [0.2, 0.25) is 0 Å². The van der Waals surface area contributed by atoms with E-state index in [4.69, 9.17) is 20.4 Å². The Bertz CT molecular complexity index is 184. The minimum atomic E-state index is -1.73. The van der Waals surface area contributed by atoms with Gasteiger partial charge in [-0.15, -0.1) is 0 Å². The van der Waals surface area contributed by atoms with Gasteiger partial charge in [0.15, 0.2) is 12.2 Å². The summed E-state index contributed by atoms with van der Waals surface area (Å²) in [5.74, 6) is -1.04. The van der Waals surface area contributed by atoms with E-state index in [0.29, 0.717) is 0 Å². The van der Waals surface area contributed by atoms with Crippen molar-refractivity contribution in [3.63, 3.8) is 0 Å². The second-order valence-corrected chi connectivity index (χ2v) is 2.58. The van der Waals surface area contributed by atoms with Crippen molar-refractivity contribution in [3.05, 3.63) is 0 Å². The van der Waals surface area contributed by atoms with Crippen molar-refractivity contribution in [2.24, 2.45) is 0 Å². The van der Waals surface area contributed by atoms with Crippen LogP contribution in [0.1, 0.15) is 0 Å². The van der Waals surface area contributed by atoms with Gasteiger partial charge < -0.3 is 25.2 Å². The third kappa shape index (κ3) is 2.63. The van der Waals surface area contributed by atoms with Crippen LogP contribution < -0.4 is 29.6 Å². The van der Waals surface area contributed by atoms with Crippen molar-refractivity contribution < 1.29 is 59.5 Å². The summed E-state index contributed by atoms with van der Waals surface area (Å²) in [5.41, 5.74) is 0. The van der Waals surface area contributed by atoms with Crippen molar-refractivity contribution in [3.8, 4) is 0 Å². The minimum absolute atomic E-state index is 0. The van der Waals surface area contributed by atoms with E-state index in [1.54, 1.807) is 0 Å². The summed E-state index contributed by atoms with van der Waals surface area (Å²) < 4.78 is 4.38. The smallest absolute Gasteiger partial charge is 0.455 e. The van der Waals surface area contributed by atoms with E-state index < -0.39 is 37.0 Å². The average Bonchev–Trinajstić information content (AvgIpc) is 2.08. The SMILES string of the molecule is O=C1O[C@H](CO)[C@@H](O)[C@H](O)[C@H]1O.[Na+]. The first-order valence-electron chi connectivity index (χ1n) is 3.43. The maximum atomic E-state index is 10.7. The number of rotatable bonds is 1. The van der Waals surface area contributed by atoms with Crippen LogP contribution in [0.3, 0.4) is 0 Å². The van der Waals surface area contributed by atoms with Crippen LogP contribution >= 0.6 is 0 Å². The van der Waals surface area contributed by atoms with Crippen molar-refractivity contribution in [2.45, 2.75) is 24.4 Å². The van der Waals surface area contributed by atoms with Crippen LogP contribution in [-0.2, 0) is 9.53 Å². The standard InChI is InChI=1S/C6H10O6.Na/c7-1-2-3(8)4(9)5(10)6(11)12-2;/h2-5,7-10H,1H2;/q;+1/t2-,3-,4+,5-;/m1./s1. The fourth-order valence-electron chi connectivity index (χ4n) is 0.980. The van der Waals surface area contributed by atoms with Crippen molar-refractivity contribution in [2.75, 3.05) is 6.61 Å². The number of aliphatic hydroxyl groups is 4. The molecule has 1 aliphatic rings. The molecule has 6 nitrogen and oxygen atoms in total. The predicted molar refractivity (Wildman–Crippen MR) is 35.0 cm³/mol. The number of carbonyl (C=O) groups is 1. The molecule has 1 fully saturated rings. The van der Waals surface area contributed by atoms with Gasteiger partial charge in [0.2, 0.25) is 0 Å². The fourth-order valence-corrected chi connectivity index (χ4v) is 0.980. The first kappa shape index (κ1) is 13.3. The van der Waals surface area contributed by atoms with Crippen LogP contribution in [0.4, 0.5) is 0 Å². The molecule has 70 valence electrons. The Morgan fingerprint density at radius 3 is 2.23 bits per heavy atom.